The molecule has 4 aromatic rings. The summed E-state index contributed by atoms with van der Waals surface area (Å²) in [6.45, 7) is 5.91. The number of aliphatic hydroxyl groups excluding tert-OH is 1. The van der Waals surface area contributed by atoms with Crippen molar-refractivity contribution in [3.05, 3.63) is 59.1 Å². The minimum Gasteiger partial charge on any atom is -0.460 e. The average molecular weight is 448 g/mol. The summed E-state index contributed by atoms with van der Waals surface area (Å²) in [5.74, 6) is 0.794. The molecule has 3 N–H and O–H groups in total. The van der Waals surface area contributed by atoms with Gasteiger partial charge in [-0.25, -0.2) is 4.52 Å². The van der Waals surface area contributed by atoms with Crippen molar-refractivity contribution in [2.75, 3.05) is 6.54 Å². The second-order valence-electron chi connectivity index (χ2n) is 8.41. The molecular weight excluding hydrogens is 424 g/mol. The number of likely N-dealkylation sites (tertiary alicyclic amines) is 1. The zero-order valence-electron chi connectivity index (χ0n) is 18.5. The number of furan rings is 1. The molecule has 5 rings (SSSR count). The van der Waals surface area contributed by atoms with Crippen LogP contribution in [0.3, 0.4) is 0 Å². The van der Waals surface area contributed by atoms with Crippen LogP contribution in [0, 0.1) is 13.8 Å². The van der Waals surface area contributed by atoms with E-state index >= 15 is 0 Å². The van der Waals surface area contributed by atoms with Crippen molar-refractivity contribution in [1.29, 1.82) is 0 Å². The molecule has 1 fully saturated rings. The fraction of sp³-hybridized carbons (Fsp3) is 0.292. The molecule has 1 aliphatic rings. The molecule has 4 heterocycles. The molecule has 1 aliphatic heterocycles. The van der Waals surface area contributed by atoms with Gasteiger partial charge in [0.05, 0.1) is 29.5 Å². The van der Waals surface area contributed by atoms with E-state index in [2.05, 4.69) is 5.10 Å². The number of aryl methyl sites for hydroxylation is 2. The largest absolute Gasteiger partial charge is 0.460 e. The van der Waals surface area contributed by atoms with E-state index in [1.807, 2.05) is 13.8 Å². The normalized spacial score (nSPS) is 18.4. The first-order chi connectivity index (χ1) is 15.8. The standard InChI is InChI=1S/C24H24N4O5/c1-12-17(24(31)27-9-7-18(29)13(27)2)11-28-22(12)19(6-8-26-28)33-15-4-5-16-20(10-15)32-14(3)21(16)23(25)30/h4-6,8,10-11,13,18,29H,7,9H2,1-3H3,(H2,25,30)/t13-,18+/m1/s1. The van der Waals surface area contributed by atoms with Crippen molar-refractivity contribution < 1.29 is 23.8 Å². The molecule has 2 amide bonds. The maximum Gasteiger partial charge on any atom is 0.256 e. The highest BCUT2D eigenvalue weighted by atomic mass is 16.5. The van der Waals surface area contributed by atoms with Crippen LogP contribution in [-0.2, 0) is 0 Å². The summed E-state index contributed by atoms with van der Waals surface area (Å²) < 4.78 is 13.5. The zero-order valence-corrected chi connectivity index (χ0v) is 18.5. The van der Waals surface area contributed by atoms with Crippen molar-refractivity contribution in [3.63, 3.8) is 0 Å². The Kier molecular flexibility index (Phi) is 4.86. The SMILES string of the molecule is Cc1oc2cc(Oc3ccnn4cc(C(=O)N5CC[C@H](O)[C@H]5C)c(C)c34)ccc2c1C(N)=O. The van der Waals surface area contributed by atoms with Crippen LogP contribution in [0.25, 0.3) is 16.5 Å². The van der Waals surface area contributed by atoms with Crippen molar-refractivity contribution in [2.45, 2.75) is 39.3 Å². The van der Waals surface area contributed by atoms with Crippen molar-refractivity contribution in [3.8, 4) is 11.5 Å². The fourth-order valence-corrected chi connectivity index (χ4v) is 4.58. The Labute approximate surface area is 189 Å². The van der Waals surface area contributed by atoms with Crippen LogP contribution in [0.4, 0.5) is 0 Å². The van der Waals surface area contributed by atoms with E-state index in [9.17, 15) is 14.7 Å². The van der Waals surface area contributed by atoms with Gasteiger partial charge in [0.1, 0.15) is 22.6 Å². The third-order valence-electron chi connectivity index (χ3n) is 6.41. The van der Waals surface area contributed by atoms with E-state index < -0.39 is 12.0 Å². The summed E-state index contributed by atoms with van der Waals surface area (Å²) in [4.78, 5) is 26.6. The molecule has 0 aliphatic carbocycles. The Hall–Kier alpha value is -3.85. The van der Waals surface area contributed by atoms with Gasteiger partial charge in [0.2, 0.25) is 0 Å². The number of carbonyl (C=O) groups excluding carboxylic acids is 2. The van der Waals surface area contributed by atoms with E-state index in [4.69, 9.17) is 14.9 Å². The van der Waals surface area contributed by atoms with Gasteiger partial charge in [0.15, 0.2) is 5.75 Å². The maximum atomic E-state index is 13.2. The number of amides is 2. The molecule has 0 unspecified atom stereocenters. The average Bonchev–Trinajstić information content (AvgIpc) is 3.40. The second kappa shape index (κ2) is 7.63. The molecule has 0 radical (unpaired) electrons. The molecule has 1 aromatic carbocycles. The molecule has 170 valence electrons. The van der Waals surface area contributed by atoms with Crippen LogP contribution < -0.4 is 10.5 Å². The number of primary amides is 1. The van der Waals surface area contributed by atoms with Crippen LogP contribution >= 0.6 is 0 Å². The number of ether oxygens (including phenoxy) is 1. The number of aromatic nitrogens is 2. The van der Waals surface area contributed by atoms with E-state index in [0.29, 0.717) is 57.8 Å². The second-order valence-corrected chi connectivity index (χ2v) is 8.41. The van der Waals surface area contributed by atoms with E-state index in [1.165, 1.54) is 0 Å². The third kappa shape index (κ3) is 3.32. The van der Waals surface area contributed by atoms with Gasteiger partial charge in [-0.05, 0) is 44.9 Å². The number of carbonyl (C=O) groups is 2. The number of hydrogen-bond acceptors (Lipinski definition) is 6. The maximum absolute atomic E-state index is 13.2. The van der Waals surface area contributed by atoms with Crippen molar-refractivity contribution in [2.24, 2.45) is 5.73 Å². The molecule has 1 saturated heterocycles. The molecule has 33 heavy (non-hydrogen) atoms. The number of nitrogens with zero attached hydrogens (tertiary/aromatic N) is 3. The van der Waals surface area contributed by atoms with Gasteiger partial charge in [0.25, 0.3) is 11.8 Å². The summed E-state index contributed by atoms with van der Waals surface area (Å²) in [6, 6.07) is 6.66. The monoisotopic (exact) mass is 448 g/mol. The number of hydrogen-bond donors (Lipinski definition) is 2. The van der Waals surface area contributed by atoms with Crippen LogP contribution in [0.15, 0.2) is 41.1 Å². The summed E-state index contributed by atoms with van der Waals surface area (Å²) in [6.07, 6.45) is 3.34. The van der Waals surface area contributed by atoms with Crippen LogP contribution in [0.5, 0.6) is 11.5 Å². The van der Waals surface area contributed by atoms with Gasteiger partial charge in [-0.1, -0.05) is 0 Å². The molecule has 2 atom stereocenters. The van der Waals surface area contributed by atoms with Gasteiger partial charge >= 0.3 is 0 Å². The highest BCUT2D eigenvalue weighted by Crippen LogP contribution is 2.34. The van der Waals surface area contributed by atoms with Crippen LogP contribution in [-0.4, -0.2) is 50.1 Å². The Balaban J connectivity index is 1.52. The van der Waals surface area contributed by atoms with Gasteiger partial charge in [-0.15, -0.1) is 0 Å². The van der Waals surface area contributed by atoms with E-state index in [0.717, 1.165) is 5.56 Å². The quantitative estimate of drug-likeness (QED) is 0.494. The lowest BCUT2D eigenvalue weighted by Crippen LogP contribution is -2.37. The Morgan fingerprint density at radius 2 is 2.06 bits per heavy atom. The summed E-state index contributed by atoms with van der Waals surface area (Å²) >= 11 is 0. The van der Waals surface area contributed by atoms with Gasteiger partial charge < -0.3 is 24.9 Å². The van der Waals surface area contributed by atoms with Crippen molar-refractivity contribution >= 4 is 28.3 Å². The number of rotatable bonds is 4. The minimum absolute atomic E-state index is 0.139. The first-order valence-corrected chi connectivity index (χ1v) is 10.7. The topological polar surface area (TPSA) is 123 Å². The molecular formula is C24H24N4O5. The lowest BCUT2D eigenvalue weighted by Gasteiger charge is -2.22. The minimum atomic E-state index is -0.545. The molecule has 9 nitrogen and oxygen atoms in total. The first-order valence-electron chi connectivity index (χ1n) is 10.7. The summed E-state index contributed by atoms with van der Waals surface area (Å²) in [5.41, 5.74) is 8.24. The number of nitrogens with two attached hydrogens (primary N) is 1. The smallest absolute Gasteiger partial charge is 0.256 e. The molecule has 9 heteroatoms. The van der Waals surface area contributed by atoms with Gasteiger partial charge in [0, 0.05) is 30.3 Å². The highest BCUT2D eigenvalue weighted by Gasteiger charge is 2.34. The predicted molar refractivity (Wildman–Crippen MR) is 121 cm³/mol. The zero-order chi connectivity index (χ0) is 23.4. The van der Waals surface area contributed by atoms with Gasteiger partial charge in [-0.3, -0.25) is 9.59 Å². The van der Waals surface area contributed by atoms with E-state index in [-0.39, 0.29) is 11.9 Å². The summed E-state index contributed by atoms with van der Waals surface area (Å²) in [5, 5.41) is 15.0. The lowest BCUT2D eigenvalue weighted by atomic mass is 10.1. The predicted octanol–water partition coefficient (Wildman–Crippen LogP) is 3.18. The number of benzene rings is 1. The van der Waals surface area contributed by atoms with E-state index in [1.54, 1.807) is 53.0 Å². The molecule has 0 saturated carbocycles. The van der Waals surface area contributed by atoms with Crippen molar-refractivity contribution in [1.82, 2.24) is 14.5 Å². The fourth-order valence-electron chi connectivity index (χ4n) is 4.58. The Morgan fingerprint density at radius 3 is 2.76 bits per heavy atom. The third-order valence-corrected chi connectivity index (χ3v) is 6.41. The van der Waals surface area contributed by atoms with Gasteiger partial charge in [-0.2, -0.15) is 5.10 Å². The lowest BCUT2D eigenvalue weighted by molar-refractivity contribution is 0.0666. The first kappa shape index (κ1) is 21.0. The molecule has 3 aromatic heterocycles. The van der Waals surface area contributed by atoms with Crippen LogP contribution in [0.2, 0.25) is 0 Å². The summed E-state index contributed by atoms with van der Waals surface area (Å²) in [7, 11) is 0. The highest BCUT2D eigenvalue weighted by molar-refractivity contribution is 6.06. The van der Waals surface area contributed by atoms with Crippen LogP contribution in [0.1, 0.15) is 45.4 Å². The Bertz CT molecular complexity index is 1420. The number of aliphatic hydroxyl groups is 1. The molecule has 0 spiro atoms. The molecule has 0 bridgehead atoms. The number of fused-ring (bicyclic) bond motifs is 2. The Morgan fingerprint density at radius 1 is 1.27 bits per heavy atom.